The Morgan fingerprint density at radius 3 is 2.56 bits per heavy atom. The first-order valence-electron chi connectivity index (χ1n) is 12.5. The van der Waals surface area contributed by atoms with Gasteiger partial charge in [-0.05, 0) is 55.2 Å². The molecule has 1 amide bonds. The summed E-state index contributed by atoms with van der Waals surface area (Å²) in [5, 5.41) is 12.4. The number of carbonyl (C=O) groups excluding carboxylic acids is 1. The van der Waals surface area contributed by atoms with Gasteiger partial charge in [-0.2, -0.15) is 0 Å². The second-order valence-corrected chi connectivity index (χ2v) is 9.22. The van der Waals surface area contributed by atoms with E-state index in [0.29, 0.717) is 34.7 Å². The van der Waals surface area contributed by atoms with E-state index in [1.807, 2.05) is 35.2 Å². The molecule has 0 saturated carbocycles. The van der Waals surface area contributed by atoms with Crippen LogP contribution in [-0.4, -0.2) is 45.5 Å². The number of nitrogens with zero attached hydrogens (tertiary/aromatic N) is 3. The molecular weight excluding hydrogens is 453 g/mol. The van der Waals surface area contributed by atoms with Crippen LogP contribution < -0.4 is 5.32 Å². The first-order chi connectivity index (χ1) is 17.6. The molecule has 0 unspecified atom stereocenters. The zero-order chi connectivity index (χ0) is 24.9. The molecule has 7 heteroatoms. The standard InChI is InChI=1S/C29H30FN5O/c30-23-11-13-27-33-19-26(35(27)20-23)28(31)24-12-10-22(29(36)34-16-6-1-2-7-17-34)18-25(24)32-15-14-21-8-4-3-5-9-21/h3-5,8-13,18-20,31-32H,1-2,6-7,14-17H2. The van der Waals surface area contributed by atoms with E-state index in [0.717, 1.165) is 45.2 Å². The summed E-state index contributed by atoms with van der Waals surface area (Å²) in [6.45, 7) is 2.20. The molecule has 0 bridgehead atoms. The Hall–Kier alpha value is -4.00. The van der Waals surface area contributed by atoms with Gasteiger partial charge >= 0.3 is 0 Å². The number of halogens is 1. The van der Waals surface area contributed by atoms with Gasteiger partial charge in [0.2, 0.25) is 0 Å². The number of pyridine rings is 1. The van der Waals surface area contributed by atoms with E-state index in [2.05, 4.69) is 22.4 Å². The van der Waals surface area contributed by atoms with E-state index in [-0.39, 0.29) is 11.6 Å². The van der Waals surface area contributed by atoms with Gasteiger partial charge < -0.3 is 10.2 Å². The number of imidazole rings is 1. The van der Waals surface area contributed by atoms with Crippen molar-refractivity contribution in [1.82, 2.24) is 14.3 Å². The van der Waals surface area contributed by atoms with Gasteiger partial charge in [0.15, 0.2) is 0 Å². The smallest absolute Gasteiger partial charge is 0.253 e. The topological polar surface area (TPSA) is 73.5 Å². The number of carbonyl (C=O) groups is 1. The number of hydrogen-bond acceptors (Lipinski definition) is 4. The molecular formula is C29H30FN5O. The number of fused-ring (bicyclic) bond motifs is 1. The Bertz CT molecular complexity index is 1370. The van der Waals surface area contributed by atoms with E-state index in [1.165, 1.54) is 17.8 Å². The van der Waals surface area contributed by atoms with Crippen LogP contribution in [0.5, 0.6) is 0 Å². The maximum atomic E-state index is 13.9. The van der Waals surface area contributed by atoms with E-state index >= 15 is 0 Å². The van der Waals surface area contributed by atoms with Gasteiger partial charge in [0.1, 0.15) is 11.5 Å². The molecule has 1 aliphatic rings. The summed E-state index contributed by atoms with van der Waals surface area (Å²) in [4.78, 5) is 19.6. The highest BCUT2D eigenvalue weighted by atomic mass is 19.1. The lowest BCUT2D eigenvalue weighted by molar-refractivity contribution is 0.0761. The summed E-state index contributed by atoms with van der Waals surface area (Å²) >= 11 is 0. The van der Waals surface area contributed by atoms with Crippen LogP contribution in [0.3, 0.4) is 0 Å². The van der Waals surface area contributed by atoms with E-state index in [1.54, 1.807) is 22.7 Å². The van der Waals surface area contributed by atoms with Crippen molar-refractivity contribution in [3.8, 4) is 0 Å². The Morgan fingerprint density at radius 1 is 1.00 bits per heavy atom. The molecule has 184 valence electrons. The summed E-state index contributed by atoms with van der Waals surface area (Å²) in [6, 6.07) is 18.6. The third kappa shape index (κ3) is 5.15. The van der Waals surface area contributed by atoms with Crippen LogP contribution >= 0.6 is 0 Å². The molecule has 2 aromatic carbocycles. The summed E-state index contributed by atoms with van der Waals surface area (Å²) in [5.41, 5.74) is 4.44. The van der Waals surface area contributed by atoms with Gasteiger partial charge in [-0.25, -0.2) is 9.37 Å². The van der Waals surface area contributed by atoms with Crippen molar-refractivity contribution in [1.29, 1.82) is 5.41 Å². The lowest BCUT2D eigenvalue weighted by Crippen LogP contribution is -2.32. The molecule has 5 rings (SSSR count). The maximum Gasteiger partial charge on any atom is 0.253 e. The zero-order valence-electron chi connectivity index (χ0n) is 20.2. The molecule has 2 N–H and O–H groups in total. The predicted octanol–water partition coefficient (Wildman–Crippen LogP) is 5.56. The number of rotatable bonds is 7. The number of aromatic nitrogens is 2. The average Bonchev–Trinajstić information content (AvgIpc) is 3.12. The Labute approximate surface area is 210 Å². The molecule has 0 atom stereocenters. The van der Waals surface area contributed by atoms with E-state index in [9.17, 15) is 9.18 Å². The van der Waals surface area contributed by atoms with Gasteiger partial charge in [-0.15, -0.1) is 0 Å². The van der Waals surface area contributed by atoms with Crippen molar-refractivity contribution < 1.29 is 9.18 Å². The number of benzene rings is 2. The van der Waals surface area contributed by atoms with Gasteiger partial charge in [0.25, 0.3) is 5.91 Å². The molecule has 0 aliphatic carbocycles. The molecule has 0 spiro atoms. The number of anilines is 1. The van der Waals surface area contributed by atoms with Gasteiger partial charge in [-0.3, -0.25) is 14.6 Å². The average molecular weight is 484 g/mol. The molecule has 1 saturated heterocycles. The third-order valence-electron chi connectivity index (χ3n) is 6.73. The molecule has 0 radical (unpaired) electrons. The van der Waals surface area contributed by atoms with Gasteiger partial charge in [-0.1, -0.05) is 43.2 Å². The Balaban J connectivity index is 1.46. The number of likely N-dealkylation sites (tertiary alicyclic amines) is 1. The lowest BCUT2D eigenvalue weighted by atomic mass is 10.0. The van der Waals surface area contributed by atoms with Crippen molar-refractivity contribution in [2.75, 3.05) is 25.0 Å². The van der Waals surface area contributed by atoms with Crippen LogP contribution in [0.25, 0.3) is 5.65 Å². The first-order valence-corrected chi connectivity index (χ1v) is 12.5. The van der Waals surface area contributed by atoms with Gasteiger partial charge in [0, 0.05) is 42.6 Å². The van der Waals surface area contributed by atoms with Crippen molar-refractivity contribution >= 4 is 23.0 Å². The van der Waals surface area contributed by atoms with Crippen LogP contribution in [0.1, 0.15) is 52.9 Å². The first kappa shape index (κ1) is 23.7. The second-order valence-electron chi connectivity index (χ2n) is 9.22. The second kappa shape index (κ2) is 10.7. The van der Waals surface area contributed by atoms with Crippen LogP contribution in [0, 0.1) is 11.2 Å². The van der Waals surface area contributed by atoms with Crippen LogP contribution in [0.15, 0.2) is 73.1 Å². The fourth-order valence-electron chi connectivity index (χ4n) is 4.76. The normalized spacial score (nSPS) is 14.0. The fourth-order valence-corrected chi connectivity index (χ4v) is 4.76. The SMILES string of the molecule is N=C(c1ccc(C(=O)N2CCCCCC2)cc1NCCc1ccccc1)c1cnc2ccc(F)cn12. The van der Waals surface area contributed by atoms with E-state index < -0.39 is 5.82 Å². The molecule has 4 aromatic rings. The summed E-state index contributed by atoms with van der Waals surface area (Å²) in [7, 11) is 0. The largest absolute Gasteiger partial charge is 0.384 e. The maximum absolute atomic E-state index is 13.9. The van der Waals surface area contributed by atoms with Gasteiger partial charge in [0.05, 0.1) is 17.6 Å². The minimum atomic E-state index is -0.394. The molecule has 6 nitrogen and oxygen atoms in total. The minimum Gasteiger partial charge on any atom is -0.384 e. The molecule has 1 fully saturated rings. The number of amides is 1. The molecule has 3 heterocycles. The number of nitrogens with one attached hydrogen (secondary N) is 2. The summed E-state index contributed by atoms with van der Waals surface area (Å²) < 4.78 is 15.5. The van der Waals surface area contributed by atoms with Crippen molar-refractivity contribution in [3.63, 3.8) is 0 Å². The van der Waals surface area contributed by atoms with Crippen molar-refractivity contribution in [2.45, 2.75) is 32.1 Å². The Kier molecular flexibility index (Phi) is 7.07. The predicted molar refractivity (Wildman–Crippen MR) is 141 cm³/mol. The highest BCUT2D eigenvalue weighted by Crippen LogP contribution is 2.24. The Morgan fingerprint density at radius 2 is 1.78 bits per heavy atom. The van der Waals surface area contributed by atoms with E-state index in [4.69, 9.17) is 5.41 Å². The van der Waals surface area contributed by atoms with Crippen LogP contribution in [0.4, 0.5) is 10.1 Å². The van der Waals surface area contributed by atoms with Crippen LogP contribution in [0.2, 0.25) is 0 Å². The van der Waals surface area contributed by atoms with Crippen molar-refractivity contribution in [2.24, 2.45) is 0 Å². The highest BCUT2D eigenvalue weighted by molar-refractivity contribution is 6.14. The fraction of sp³-hybridized carbons (Fsp3) is 0.276. The summed E-state index contributed by atoms with van der Waals surface area (Å²) in [6.07, 6.45) is 8.10. The van der Waals surface area contributed by atoms with Crippen LogP contribution in [-0.2, 0) is 6.42 Å². The third-order valence-corrected chi connectivity index (χ3v) is 6.73. The molecule has 1 aliphatic heterocycles. The highest BCUT2D eigenvalue weighted by Gasteiger charge is 2.21. The molecule has 2 aromatic heterocycles. The minimum absolute atomic E-state index is 0.0259. The van der Waals surface area contributed by atoms with Crippen molar-refractivity contribution in [3.05, 3.63) is 101 Å². The monoisotopic (exact) mass is 483 g/mol. The zero-order valence-corrected chi connectivity index (χ0v) is 20.2. The lowest BCUT2D eigenvalue weighted by Gasteiger charge is -2.21. The quantitative estimate of drug-likeness (QED) is 0.338. The number of hydrogen-bond donors (Lipinski definition) is 2. The summed E-state index contributed by atoms with van der Waals surface area (Å²) in [5.74, 6) is -0.368. The molecule has 36 heavy (non-hydrogen) atoms.